The first-order valence-electron chi connectivity index (χ1n) is 11.5. The maximum atomic E-state index is 15.6. The van der Waals surface area contributed by atoms with E-state index < -0.39 is 56.6 Å². The molecule has 0 radical (unpaired) electrons. The summed E-state index contributed by atoms with van der Waals surface area (Å²) in [5.74, 6) is -4.86. The highest BCUT2D eigenvalue weighted by atomic mass is 32.2. The number of halogens is 4. The predicted molar refractivity (Wildman–Crippen MR) is 126 cm³/mol. The zero-order valence-electron chi connectivity index (χ0n) is 20.1. The van der Waals surface area contributed by atoms with Gasteiger partial charge in [-0.25, -0.2) is 26.7 Å². The zero-order chi connectivity index (χ0) is 26.5. The minimum absolute atomic E-state index is 0.0915. The lowest BCUT2D eigenvalue weighted by molar-refractivity contribution is 0.0213. The van der Waals surface area contributed by atoms with Crippen molar-refractivity contribution in [3.05, 3.63) is 59.7 Å². The molecule has 2 fully saturated rings. The summed E-state index contributed by atoms with van der Waals surface area (Å²) < 4.78 is 87.8. The summed E-state index contributed by atoms with van der Waals surface area (Å²) in [6.45, 7) is 5.10. The van der Waals surface area contributed by atoms with Crippen LogP contribution in [0.25, 0.3) is 11.1 Å². The van der Waals surface area contributed by atoms with Crippen molar-refractivity contribution in [2.24, 2.45) is 5.41 Å². The number of nitrogens with one attached hydrogen (secondary N) is 1. The molecule has 0 unspecified atom stereocenters. The van der Waals surface area contributed by atoms with Crippen LogP contribution in [-0.4, -0.2) is 49.4 Å². The summed E-state index contributed by atoms with van der Waals surface area (Å²) in [5.41, 5.74) is -1.03. The number of nitrogens with zero attached hydrogens (tertiary/aromatic N) is 1. The average Bonchev–Trinajstić information content (AvgIpc) is 3.49. The van der Waals surface area contributed by atoms with E-state index in [1.165, 1.54) is 35.2 Å². The summed E-state index contributed by atoms with van der Waals surface area (Å²) in [4.78, 5) is 14.4. The van der Waals surface area contributed by atoms with Crippen LogP contribution in [0, 0.1) is 17.0 Å². The van der Waals surface area contributed by atoms with Crippen LogP contribution in [0.2, 0.25) is 0 Å². The van der Waals surface area contributed by atoms with Crippen molar-refractivity contribution in [1.82, 2.24) is 9.62 Å². The standard InChI is InChI=1S/C25H28F4N2O4S/c1-24(2,3)35-23(32)31-14-25(10-11-25)21(30-36(33,34)22(28)29)19(31)13-16-7-5-9-18(20(16)27)15-6-4-8-17(26)12-15/h4-9,12,19,21-22,30H,10-11,13-14H2,1-3H3/t19-,21+/m0/s1. The highest BCUT2D eigenvalue weighted by Gasteiger charge is 2.62. The second-order valence-electron chi connectivity index (χ2n) is 10.4. The van der Waals surface area contributed by atoms with Gasteiger partial charge < -0.3 is 9.64 Å². The Labute approximate surface area is 207 Å². The molecule has 2 atom stereocenters. The van der Waals surface area contributed by atoms with Gasteiger partial charge in [-0.05, 0) is 63.3 Å². The van der Waals surface area contributed by atoms with E-state index in [0.717, 1.165) is 0 Å². The van der Waals surface area contributed by atoms with Crippen LogP contribution >= 0.6 is 0 Å². The molecular weight excluding hydrogens is 500 g/mol. The largest absolute Gasteiger partial charge is 0.444 e. The monoisotopic (exact) mass is 528 g/mol. The predicted octanol–water partition coefficient (Wildman–Crippen LogP) is 5.08. The third-order valence-corrected chi connectivity index (χ3v) is 7.67. The molecule has 2 aromatic carbocycles. The van der Waals surface area contributed by atoms with Crippen molar-refractivity contribution in [3.8, 4) is 11.1 Å². The van der Waals surface area contributed by atoms with Crippen molar-refractivity contribution in [1.29, 1.82) is 0 Å². The van der Waals surface area contributed by atoms with Gasteiger partial charge in [-0.1, -0.05) is 30.3 Å². The van der Waals surface area contributed by atoms with Crippen LogP contribution < -0.4 is 4.72 Å². The van der Waals surface area contributed by atoms with E-state index in [2.05, 4.69) is 4.72 Å². The Kier molecular flexibility index (Phi) is 6.85. The van der Waals surface area contributed by atoms with Gasteiger partial charge in [0.25, 0.3) is 10.0 Å². The van der Waals surface area contributed by atoms with Gasteiger partial charge in [0.1, 0.15) is 17.2 Å². The van der Waals surface area contributed by atoms with Crippen LogP contribution in [0.1, 0.15) is 39.2 Å². The molecule has 36 heavy (non-hydrogen) atoms. The normalized spacial score (nSPS) is 21.3. The van der Waals surface area contributed by atoms with Gasteiger partial charge in [0.2, 0.25) is 0 Å². The molecule has 1 amide bonds. The van der Waals surface area contributed by atoms with Crippen molar-refractivity contribution in [2.75, 3.05) is 6.54 Å². The molecule has 0 aromatic heterocycles. The number of amides is 1. The first-order chi connectivity index (χ1) is 16.7. The van der Waals surface area contributed by atoms with Crippen molar-refractivity contribution in [2.45, 2.75) is 63.5 Å². The number of carbonyl (C=O) groups excluding carboxylic acids is 1. The van der Waals surface area contributed by atoms with Gasteiger partial charge in [0.05, 0.1) is 12.1 Å². The molecule has 1 aliphatic carbocycles. The Morgan fingerprint density at radius 1 is 1.17 bits per heavy atom. The molecule has 1 saturated heterocycles. The maximum absolute atomic E-state index is 15.6. The molecule has 4 rings (SSSR count). The molecule has 0 bridgehead atoms. The molecule has 196 valence electrons. The van der Waals surface area contributed by atoms with Crippen LogP contribution in [-0.2, 0) is 21.2 Å². The summed E-state index contributed by atoms with van der Waals surface area (Å²) in [7, 11) is -4.99. The van der Waals surface area contributed by atoms with Crippen LogP contribution in [0.4, 0.5) is 22.4 Å². The van der Waals surface area contributed by atoms with Gasteiger partial charge in [0, 0.05) is 17.5 Å². The minimum Gasteiger partial charge on any atom is -0.444 e. The Hall–Kier alpha value is -2.66. The van der Waals surface area contributed by atoms with Crippen LogP contribution in [0.5, 0.6) is 0 Å². The molecule has 11 heteroatoms. The van der Waals surface area contributed by atoms with Crippen molar-refractivity contribution >= 4 is 16.1 Å². The molecule has 1 N–H and O–H groups in total. The van der Waals surface area contributed by atoms with E-state index in [1.54, 1.807) is 32.9 Å². The molecule has 1 heterocycles. The lowest BCUT2D eigenvalue weighted by atomic mass is 9.91. The zero-order valence-corrected chi connectivity index (χ0v) is 20.9. The number of ether oxygens (including phenoxy) is 1. The Balaban J connectivity index is 1.73. The highest BCUT2D eigenvalue weighted by Crippen LogP contribution is 2.56. The van der Waals surface area contributed by atoms with E-state index in [0.29, 0.717) is 18.4 Å². The van der Waals surface area contributed by atoms with Crippen LogP contribution in [0.3, 0.4) is 0 Å². The second-order valence-corrected chi connectivity index (χ2v) is 12.1. The first-order valence-corrected chi connectivity index (χ1v) is 13.1. The molecule has 1 spiro atoms. The lowest BCUT2D eigenvalue weighted by Gasteiger charge is -2.31. The van der Waals surface area contributed by atoms with E-state index >= 15 is 4.39 Å². The third kappa shape index (κ3) is 5.36. The van der Waals surface area contributed by atoms with Gasteiger partial charge >= 0.3 is 11.9 Å². The Morgan fingerprint density at radius 3 is 2.42 bits per heavy atom. The number of rotatable bonds is 6. The molecule has 1 aliphatic heterocycles. The summed E-state index contributed by atoms with van der Waals surface area (Å²) in [6, 6.07) is 7.90. The fourth-order valence-electron chi connectivity index (χ4n) is 4.79. The molecule has 6 nitrogen and oxygen atoms in total. The topological polar surface area (TPSA) is 75.7 Å². The smallest absolute Gasteiger partial charge is 0.410 e. The highest BCUT2D eigenvalue weighted by molar-refractivity contribution is 7.89. The van der Waals surface area contributed by atoms with Gasteiger partial charge in [-0.2, -0.15) is 8.78 Å². The van der Waals surface area contributed by atoms with Gasteiger partial charge in [-0.15, -0.1) is 0 Å². The first kappa shape index (κ1) is 26.4. The number of benzene rings is 2. The quantitative estimate of drug-likeness (QED) is 0.531. The van der Waals surface area contributed by atoms with E-state index in [4.69, 9.17) is 4.74 Å². The van der Waals surface area contributed by atoms with Gasteiger partial charge in [-0.3, -0.25) is 0 Å². The van der Waals surface area contributed by atoms with E-state index in [1.807, 2.05) is 0 Å². The number of alkyl halides is 2. The molecule has 2 aliphatic rings. The molecule has 2 aromatic rings. The van der Waals surface area contributed by atoms with E-state index in [9.17, 15) is 26.4 Å². The third-order valence-electron chi connectivity index (χ3n) is 6.62. The number of hydrogen-bond acceptors (Lipinski definition) is 4. The van der Waals surface area contributed by atoms with Gasteiger partial charge in [0.15, 0.2) is 0 Å². The number of sulfonamides is 1. The maximum Gasteiger partial charge on any atom is 0.410 e. The second kappa shape index (κ2) is 9.33. The number of likely N-dealkylation sites (tertiary alicyclic amines) is 1. The van der Waals surface area contributed by atoms with Crippen molar-refractivity contribution < 1.29 is 35.5 Å². The summed E-state index contributed by atoms with van der Waals surface area (Å²) >= 11 is 0. The SMILES string of the molecule is CC(C)(C)OC(=O)N1CC2(CC2)[C@H](NS(=O)(=O)C(F)F)[C@@H]1Cc1cccc(-c2cccc(F)c2)c1F. The fourth-order valence-corrected chi connectivity index (χ4v) is 5.66. The summed E-state index contributed by atoms with van der Waals surface area (Å²) in [6.07, 6.45) is 0.141. The molecule has 1 saturated carbocycles. The fraction of sp³-hybridized carbons (Fsp3) is 0.480. The lowest BCUT2D eigenvalue weighted by Crippen LogP contribution is -2.51. The number of hydrogen-bond donors (Lipinski definition) is 1. The average molecular weight is 529 g/mol. The van der Waals surface area contributed by atoms with Crippen LogP contribution in [0.15, 0.2) is 42.5 Å². The van der Waals surface area contributed by atoms with E-state index in [-0.39, 0.29) is 24.1 Å². The molecular formula is C25H28F4N2O4S. The Morgan fingerprint density at radius 2 is 1.83 bits per heavy atom. The number of carbonyl (C=O) groups is 1. The minimum atomic E-state index is -4.99. The Bertz CT molecular complexity index is 1260. The summed E-state index contributed by atoms with van der Waals surface area (Å²) in [5, 5.41) is 0. The van der Waals surface area contributed by atoms with Crippen molar-refractivity contribution in [3.63, 3.8) is 0 Å².